The zero-order chi connectivity index (χ0) is 8.55. The lowest BCUT2D eigenvalue weighted by molar-refractivity contribution is 0.689. The molecule has 1 aromatic heterocycles. The first-order chi connectivity index (χ1) is 5.81. The SMILES string of the molecule is CSc1ncc2c(n1)C(N)CC2. The molecule has 0 aliphatic heterocycles. The third kappa shape index (κ3) is 1.21. The van der Waals surface area contributed by atoms with Crippen LogP contribution in [0.15, 0.2) is 11.4 Å². The monoisotopic (exact) mass is 181 g/mol. The highest BCUT2D eigenvalue weighted by Gasteiger charge is 2.20. The molecule has 1 aliphatic rings. The van der Waals surface area contributed by atoms with E-state index < -0.39 is 0 Å². The first kappa shape index (κ1) is 8.01. The van der Waals surface area contributed by atoms with Crippen molar-refractivity contribution in [2.45, 2.75) is 24.0 Å². The summed E-state index contributed by atoms with van der Waals surface area (Å²) in [6, 6.07) is 0.133. The van der Waals surface area contributed by atoms with E-state index in [0.717, 1.165) is 23.7 Å². The van der Waals surface area contributed by atoms with Gasteiger partial charge in [-0.25, -0.2) is 9.97 Å². The van der Waals surface area contributed by atoms with E-state index in [4.69, 9.17) is 5.73 Å². The van der Waals surface area contributed by atoms with Crippen LogP contribution in [-0.4, -0.2) is 16.2 Å². The van der Waals surface area contributed by atoms with E-state index >= 15 is 0 Å². The number of aromatic nitrogens is 2. The maximum absolute atomic E-state index is 5.87. The van der Waals surface area contributed by atoms with Crippen LogP contribution in [0.5, 0.6) is 0 Å². The van der Waals surface area contributed by atoms with Gasteiger partial charge in [0.1, 0.15) is 0 Å². The van der Waals surface area contributed by atoms with Crippen LogP contribution in [0.1, 0.15) is 23.7 Å². The van der Waals surface area contributed by atoms with Crippen molar-refractivity contribution in [1.29, 1.82) is 0 Å². The molecule has 0 saturated heterocycles. The second kappa shape index (κ2) is 3.03. The van der Waals surface area contributed by atoms with Gasteiger partial charge in [-0.1, -0.05) is 11.8 Å². The zero-order valence-corrected chi connectivity index (χ0v) is 7.77. The molecule has 3 nitrogen and oxygen atoms in total. The summed E-state index contributed by atoms with van der Waals surface area (Å²) in [5, 5.41) is 0.825. The van der Waals surface area contributed by atoms with Gasteiger partial charge in [0.05, 0.1) is 5.69 Å². The lowest BCUT2D eigenvalue weighted by Crippen LogP contribution is -2.08. The van der Waals surface area contributed by atoms with Crippen LogP contribution in [0.3, 0.4) is 0 Å². The average Bonchev–Trinajstić information content (AvgIpc) is 2.47. The average molecular weight is 181 g/mol. The molecule has 64 valence electrons. The largest absolute Gasteiger partial charge is 0.323 e. The molecular formula is C8H11N3S. The molecule has 0 fully saturated rings. The Balaban J connectivity index is 2.43. The molecule has 1 aliphatic carbocycles. The van der Waals surface area contributed by atoms with E-state index in [1.165, 1.54) is 5.56 Å². The van der Waals surface area contributed by atoms with E-state index in [-0.39, 0.29) is 6.04 Å². The van der Waals surface area contributed by atoms with Crippen LogP contribution in [0, 0.1) is 0 Å². The Hall–Kier alpha value is -0.610. The van der Waals surface area contributed by atoms with Crippen LogP contribution in [-0.2, 0) is 6.42 Å². The second-order valence-electron chi connectivity index (χ2n) is 2.91. The molecule has 4 heteroatoms. The van der Waals surface area contributed by atoms with Crippen molar-refractivity contribution in [1.82, 2.24) is 9.97 Å². The summed E-state index contributed by atoms with van der Waals surface area (Å²) < 4.78 is 0. The fourth-order valence-electron chi connectivity index (χ4n) is 1.46. The molecule has 2 rings (SSSR count). The molecule has 2 N–H and O–H groups in total. The van der Waals surface area contributed by atoms with Crippen molar-refractivity contribution in [3.63, 3.8) is 0 Å². The number of hydrogen-bond donors (Lipinski definition) is 1. The molecule has 0 saturated carbocycles. The first-order valence-corrected chi connectivity index (χ1v) is 5.19. The highest BCUT2D eigenvalue weighted by atomic mass is 32.2. The fraction of sp³-hybridized carbons (Fsp3) is 0.500. The van der Waals surface area contributed by atoms with E-state index in [9.17, 15) is 0 Å². The molecule has 0 radical (unpaired) electrons. The molecule has 12 heavy (non-hydrogen) atoms. The van der Waals surface area contributed by atoms with Gasteiger partial charge in [0, 0.05) is 12.2 Å². The van der Waals surface area contributed by atoms with Gasteiger partial charge in [-0.05, 0) is 24.7 Å². The predicted octanol–water partition coefficient (Wildman–Crippen LogP) is 1.14. The lowest BCUT2D eigenvalue weighted by Gasteiger charge is -2.03. The van der Waals surface area contributed by atoms with Crippen molar-refractivity contribution in [3.8, 4) is 0 Å². The number of nitrogens with two attached hydrogens (primary N) is 1. The standard InChI is InChI=1S/C8H11N3S/c1-12-8-10-4-5-2-3-6(9)7(5)11-8/h4,6H,2-3,9H2,1H3. The maximum atomic E-state index is 5.87. The van der Waals surface area contributed by atoms with Crippen LogP contribution < -0.4 is 5.73 Å². The zero-order valence-electron chi connectivity index (χ0n) is 6.95. The van der Waals surface area contributed by atoms with Crippen molar-refractivity contribution >= 4 is 11.8 Å². The van der Waals surface area contributed by atoms with E-state index in [1.807, 2.05) is 12.5 Å². The summed E-state index contributed by atoms with van der Waals surface area (Å²) in [5.74, 6) is 0. The van der Waals surface area contributed by atoms with Gasteiger partial charge < -0.3 is 5.73 Å². The first-order valence-electron chi connectivity index (χ1n) is 3.96. The minimum Gasteiger partial charge on any atom is -0.323 e. The van der Waals surface area contributed by atoms with Crippen molar-refractivity contribution in [3.05, 3.63) is 17.5 Å². The van der Waals surface area contributed by atoms with Gasteiger partial charge in [0.2, 0.25) is 0 Å². The fourth-order valence-corrected chi connectivity index (χ4v) is 1.81. The van der Waals surface area contributed by atoms with Crippen molar-refractivity contribution < 1.29 is 0 Å². The number of thioether (sulfide) groups is 1. The number of rotatable bonds is 1. The molecule has 0 aromatic carbocycles. The van der Waals surface area contributed by atoms with Gasteiger partial charge in [-0.3, -0.25) is 0 Å². The quantitative estimate of drug-likeness (QED) is 0.521. The normalized spacial score (nSPS) is 21.0. The topological polar surface area (TPSA) is 51.8 Å². The predicted molar refractivity (Wildman–Crippen MR) is 49.1 cm³/mol. The van der Waals surface area contributed by atoms with E-state index in [1.54, 1.807) is 11.8 Å². The molecule has 1 aromatic rings. The summed E-state index contributed by atoms with van der Waals surface area (Å²) in [5.41, 5.74) is 8.14. The Morgan fingerprint density at radius 3 is 3.25 bits per heavy atom. The van der Waals surface area contributed by atoms with Gasteiger partial charge in [-0.2, -0.15) is 0 Å². The minimum atomic E-state index is 0.133. The Kier molecular flexibility index (Phi) is 2.02. The van der Waals surface area contributed by atoms with Crippen LogP contribution in [0.4, 0.5) is 0 Å². The Morgan fingerprint density at radius 2 is 2.50 bits per heavy atom. The van der Waals surface area contributed by atoms with Crippen LogP contribution >= 0.6 is 11.8 Å². The Bertz CT molecular complexity index is 300. The second-order valence-corrected chi connectivity index (χ2v) is 3.69. The molecular weight excluding hydrogens is 170 g/mol. The lowest BCUT2D eigenvalue weighted by atomic mass is 10.2. The summed E-state index contributed by atoms with van der Waals surface area (Å²) in [7, 11) is 0. The number of fused-ring (bicyclic) bond motifs is 1. The molecule has 0 amide bonds. The highest BCUT2D eigenvalue weighted by Crippen LogP contribution is 2.27. The van der Waals surface area contributed by atoms with Crippen molar-refractivity contribution in [2.75, 3.05) is 6.26 Å². The maximum Gasteiger partial charge on any atom is 0.187 e. The van der Waals surface area contributed by atoms with Crippen LogP contribution in [0.2, 0.25) is 0 Å². The van der Waals surface area contributed by atoms with Crippen molar-refractivity contribution in [2.24, 2.45) is 5.73 Å². The van der Waals surface area contributed by atoms with Gasteiger partial charge in [0.25, 0.3) is 0 Å². The summed E-state index contributed by atoms with van der Waals surface area (Å²) in [4.78, 5) is 8.58. The number of hydrogen-bond acceptors (Lipinski definition) is 4. The van der Waals surface area contributed by atoms with E-state index in [0.29, 0.717) is 0 Å². The van der Waals surface area contributed by atoms with Crippen LogP contribution in [0.25, 0.3) is 0 Å². The molecule has 0 bridgehead atoms. The third-order valence-electron chi connectivity index (χ3n) is 2.13. The van der Waals surface area contributed by atoms with Gasteiger partial charge >= 0.3 is 0 Å². The molecule has 1 atom stereocenters. The van der Waals surface area contributed by atoms with Gasteiger partial charge in [-0.15, -0.1) is 0 Å². The van der Waals surface area contributed by atoms with E-state index in [2.05, 4.69) is 9.97 Å². The smallest absolute Gasteiger partial charge is 0.187 e. The summed E-state index contributed by atoms with van der Waals surface area (Å²) in [6.07, 6.45) is 5.93. The Labute approximate surface area is 75.8 Å². The molecule has 0 spiro atoms. The number of aryl methyl sites for hydroxylation is 1. The summed E-state index contributed by atoms with van der Waals surface area (Å²) in [6.45, 7) is 0. The minimum absolute atomic E-state index is 0.133. The third-order valence-corrected chi connectivity index (χ3v) is 2.70. The number of nitrogens with zero attached hydrogens (tertiary/aromatic N) is 2. The molecule has 1 unspecified atom stereocenters. The highest BCUT2D eigenvalue weighted by molar-refractivity contribution is 7.98. The van der Waals surface area contributed by atoms with Gasteiger partial charge in [0.15, 0.2) is 5.16 Å². The Morgan fingerprint density at radius 1 is 1.67 bits per heavy atom. The molecule has 1 heterocycles. The summed E-state index contributed by atoms with van der Waals surface area (Å²) >= 11 is 1.56.